The largest absolute Gasteiger partial charge is 0.399 e. The Morgan fingerprint density at radius 3 is 2.45 bits per heavy atom. The minimum Gasteiger partial charge on any atom is -0.399 e. The Kier molecular flexibility index (Phi) is 5.83. The van der Waals surface area contributed by atoms with Crippen molar-refractivity contribution in [1.29, 1.82) is 0 Å². The number of carbonyl (C=O) groups is 1. The van der Waals surface area contributed by atoms with Crippen molar-refractivity contribution >= 4 is 17.3 Å². The molecule has 2 aliphatic heterocycles. The Morgan fingerprint density at radius 2 is 1.77 bits per heavy atom. The second kappa shape index (κ2) is 8.42. The van der Waals surface area contributed by atoms with Crippen LogP contribution in [0.1, 0.15) is 28.4 Å². The van der Waals surface area contributed by atoms with E-state index < -0.39 is 12.1 Å². The summed E-state index contributed by atoms with van der Waals surface area (Å²) in [6.07, 6.45) is -4.22. The van der Waals surface area contributed by atoms with Crippen molar-refractivity contribution in [2.75, 3.05) is 50.4 Å². The number of hydrogen-bond donors (Lipinski definition) is 1. The zero-order valence-electron chi connectivity index (χ0n) is 17.5. The molecular weight excluding hydrogens is 405 g/mol. The molecule has 2 aliphatic rings. The van der Waals surface area contributed by atoms with E-state index in [9.17, 15) is 18.0 Å². The number of rotatable bonds is 3. The number of anilines is 2. The van der Waals surface area contributed by atoms with Crippen LogP contribution >= 0.6 is 0 Å². The number of nitrogens with zero attached hydrogens (tertiary/aromatic N) is 3. The highest BCUT2D eigenvalue weighted by Gasteiger charge is 2.44. The van der Waals surface area contributed by atoms with E-state index >= 15 is 0 Å². The maximum atomic E-state index is 13.7. The first-order valence-corrected chi connectivity index (χ1v) is 10.5. The van der Waals surface area contributed by atoms with Crippen LogP contribution in [0.15, 0.2) is 48.5 Å². The van der Waals surface area contributed by atoms with Gasteiger partial charge in [0.15, 0.2) is 0 Å². The van der Waals surface area contributed by atoms with E-state index in [0.717, 1.165) is 12.1 Å². The zero-order chi connectivity index (χ0) is 22.2. The summed E-state index contributed by atoms with van der Waals surface area (Å²) in [4.78, 5) is 19.3. The van der Waals surface area contributed by atoms with Crippen LogP contribution < -0.4 is 10.6 Å². The van der Waals surface area contributed by atoms with Crippen LogP contribution in [0.3, 0.4) is 0 Å². The molecule has 0 aromatic heterocycles. The molecule has 0 bridgehead atoms. The second-order valence-electron chi connectivity index (χ2n) is 8.44. The van der Waals surface area contributed by atoms with Crippen molar-refractivity contribution in [2.24, 2.45) is 5.92 Å². The number of benzene rings is 2. The number of nitrogens with two attached hydrogens (primary N) is 1. The fourth-order valence-electron chi connectivity index (χ4n) is 4.52. The topological polar surface area (TPSA) is 52.8 Å². The minimum absolute atomic E-state index is 0.0209. The zero-order valence-corrected chi connectivity index (χ0v) is 17.5. The Labute approximate surface area is 180 Å². The van der Waals surface area contributed by atoms with Gasteiger partial charge in [-0.2, -0.15) is 13.2 Å². The van der Waals surface area contributed by atoms with Crippen molar-refractivity contribution in [3.63, 3.8) is 0 Å². The second-order valence-corrected chi connectivity index (χ2v) is 8.44. The van der Waals surface area contributed by atoms with Crippen LogP contribution in [0.25, 0.3) is 0 Å². The number of halogens is 3. The van der Waals surface area contributed by atoms with Gasteiger partial charge in [-0.05, 0) is 37.2 Å². The molecule has 8 heteroatoms. The third kappa shape index (κ3) is 4.49. The summed E-state index contributed by atoms with van der Waals surface area (Å²) in [5.41, 5.74) is 8.31. The van der Waals surface area contributed by atoms with E-state index in [1.807, 2.05) is 42.3 Å². The van der Waals surface area contributed by atoms with E-state index in [-0.39, 0.29) is 31.5 Å². The SMILES string of the molecule is CN1CCN(C(=O)c2ccc(N)cc2N2CCC(C(F)(F)F)C2)C(c2ccccc2)C1. The first kappa shape index (κ1) is 21.5. The Bertz CT molecular complexity index is 934. The van der Waals surface area contributed by atoms with E-state index in [1.54, 1.807) is 23.1 Å². The molecule has 2 heterocycles. The average Bonchev–Trinajstić information content (AvgIpc) is 3.25. The molecule has 2 aromatic rings. The van der Waals surface area contributed by atoms with Crippen LogP contribution in [0.5, 0.6) is 0 Å². The lowest BCUT2D eigenvalue weighted by molar-refractivity contribution is -0.168. The quantitative estimate of drug-likeness (QED) is 0.750. The number of piperazine rings is 1. The number of hydrogen-bond acceptors (Lipinski definition) is 4. The van der Waals surface area contributed by atoms with Gasteiger partial charge in [-0.1, -0.05) is 30.3 Å². The summed E-state index contributed by atoms with van der Waals surface area (Å²) in [6, 6.07) is 14.6. The molecule has 0 radical (unpaired) electrons. The predicted molar refractivity (Wildman–Crippen MR) is 115 cm³/mol. The fourth-order valence-corrected chi connectivity index (χ4v) is 4.52. The molecule has 2 aromatic carbocycles. The minimum atomic E-state index is -4.24. The highest BCUT2D eigenvalue weighted by molar-refractivity contribution is 6.01. The molecular formula is C23H27F3N4O. The van der Waals surface area contributed by atoms with Crippen molar-refractivity contribution in [2.45, 2.75) is 18.6 Å². The molecule has 4 rings (SSSR count). The van der Waals surface area contributed by atoms with Crippen molar-refractivity contribution in [3.8, 4) is 0 Å². The summed E-state index contributed by atoms with van der Waals surface area (Å²) in [7, 11) is 2.02. The van der Waals surface area contributed by atoms with Crippen LogP contribution in [0.4, 0.5) is 24.5 Å². The predicted octanol–water partition coefficient (Wildman–Crippen LogP) is 3.79. The van der Waals surface area contributed by atoms with Gasteiger partial charge < -0.3 is 20.4 Å². The Morgan fingerprint density at radius 1 is 1.03 bits per heavy atom. The summed E-state index contributed by atoms with van der Waals surface area (Å²) in [5, 5.41) is 0. The highest BCUT2D eigenvalue weighted by Crippen LogP contribution is 2.38. The smallest absolute Gasteiger partial charge is 0.393 e. The van der Waals surface area contributed by atoms with E-state index in [0.29, 0.717) is 30.0 Å². The van der Waals surface area contributed by atoms with Gasteiger partial charge in [0.2, 0.25) is 0 Å². The third-order valence-electron chi connectivity index (χ3n) is 6.27. The number of nitrogen functional groups attached to an aromatic ring is 1. The van der Waals surface area contributed by atoms with Crippen LogP contribution in [0.2, 0.25) is 0 Å². The third-order valence-corrected chi connectivity index (χ3v) is 6.27. The molecule has 1 amide bonds. The van der Waals surface area contributed by atoms with Crippen molar-refractivity contribution in [1.82, 2.24) is 9.80 Å². The lowest BCUT2D eigenvalue weighted by atomic mass is 10.0. The lowest BCUT2D eigenvalue weighted by Crippen LogP contribution is -2.49. The maximum Gasteiger partial charge on any atom is 0.393 e. The van der Waals surface area contributed by atoms with Gasteiger partial charge in [-0.25, -0.2) is 0 Å². The summed E-state index contributed by atoms with van der Waals surface area (Å²) >= 11 is 0. The molecule has 0 spiro atoms. The normalized spacial score (nSPS) is 22.7. The summed E-state index contributed by atoms with van der Waals surface area (Å²) < 4.78 is 39.7. The van der Waals surface area contributed by atoms with E-state index in [1.165, 1.54) is 0 Å². The fraction of sp³-hybridized carbons (Fsp3) is 0.435. The van der Waals surface area contributed by atoms with Gasteiger partial charge in [0.25, 0.3) is 5.91 Å². The monoisotopic (exact) mass is 432 g/mol. The molecule has 0 aliphatic carbocycles. The molecule has 2 fully saturated rings. The standard InChI is InChI=1S/C23H27F3N4O/c1-28-11-12-30(21(15-28)16-5-3-2-4-6-16)22(31)19-8-7-18(27)13-20(19)29-10-9-17(14-29)23(24,25)26/h2-8,13,17,21H,9-12,14-15,27H2,1H3. The van der Waals surface area contributed by atoms with Crippen molar-refractivity contribution < 1.29 is 18.0 Å². The lowest BCUT2D eigenvalue weighted by Gasteiger charge is -2.41. The molecule has 5 nitrogen and oxygen atoms in total. The summed E-state index contributed by atoms with van der Waals surface area (Å²) in [6.45, 7) is 2.07. The summed E-state index contributed by atoms with van der Waals surface area (Å²) in [5.74, 6) is -1.56. The molecule has 2 N–H and O–H groups in total. The number of carbonyl (C=O) groups excluding carboxylic acids is 1. The molecule has 2 unspecified atom stereocenters. The molecule has 166 valence electrons. The molecule has 0 saturated carbocycles. The van der Waals surface area contributed by atoms with Gasteiger partial charge in [-0.15, -0.1) is 0 Å². The molecule has 2 saturated heterocycles. The number of amides is 1. The molecule has 2 atom stereocenters. The highest BCUT2D eigenvalue weighted by atomic mass is 19.4. The van der Waals surface area contributed by atoms with E-state index in [4.69, 9.17) is 5.73 Å². The van der Waals surface area contributed by atoms with Gasteiger partial charge in [0, 0.05) is 38.4 Å². The van der Waals surface area contributed by atoms with Crippen LogP contribution in [-0.2, 0) is 0 Å². The van der Waals surface area contributed by atoms with Gasteiger partial charge in [0.05, 0.1) is 23.2 Å². The van der Waals surface area contributed by atoms with Gasteiger partial charge in [0.1, 0.15) is 0 Å². The number of alkyl halides is 3. The number of likely N-dealkylation sites (N-methyl/N-ethyl adjacent to an activating group) is 1. The van der Waals surface area contributed by atoms with Gasteiger partial charge >= 0.3 is 6.18 Å². The first-order chi connectivity index (χ1) is 14.7. The van der Waals surface area contributed by atoms with Crippen LogP contribution in [-0.4, -0.2) is 61.7 Å². The maximum absolute atomic E-state index is 13.7. The van der Waals surface area contributed by atoms with Gasteiger partial charge in [-0.3, -0.25) is 4.79 Å². The first-order valence-electron chi connectivity index (χ1n) is 10.5. The Hall–Kier alpha value is -2.74. The van der Waals surface area contributed by atoms with Crippen molar-refractivity contribution in [3.05, 3.63) is 59.7 Å². The Balaban J connectivity index is 1.65. The van der Waals surface area contributed by atoms with E-state index in [2.05, 4.69) is 4.90 Å². The average molecular weight is 432 g/mol. The van der Waals surface area contributed by atoms with Crippen LogP contribution in [0, 0.1) is 5.92 Å². The molecule has 31 heavy (non-hydrogen) atoms.